The molecule has 3 nitrogen and oxygen atoms in total. The van der Waals surface area contributed by atoms with E-state index in [1.807, 2.05) is 13.0 Å². The maximum atomic E-state index is 11.5. The molecule has 0 unspecified atom stereocenters. The summed E-state index contributed by atoms with van der Waals surface area (Å²) in [6.45, 7) is 3.36. The average Bonchev–Trinajstić information content (AvgIpc) is 3.16. The van der Waals surface area contributed by atoms with E-state index in [0.29, 0.717) is 6.61 Å². The van der Waals surface area contributed by atoms with Crippen molar-refractivity contribution in [3.05, 3.63) is 35.9 Å². The van der Waals surface area contributed by atoms with Crippen LogP contribution in [0.3, 0.4) is 0 Å². The van der Waals surface area contributed by atoms with Crippen LogP contribution in [0.4, 0.5) is 0 Å². The highest BCUT2D eigenvalue weighted by Crippen LogP contribution is 2.47. The Hall–Kier alpha value is -1.35. The minimum atomic E-state index is -0.0194. The van der Waals surface area contributed by atoms with Crippen molar-refractivity contribution in [1.29, 1.82) is 0 Å². The van der Waals surface area contributed by atoms with Gasteiger partial charge in [-0.2, -0.15) is 0 Å². The van der Waals surface area contributed by atoms with Gasteiger partial charge in [-0.3, -0.25) is 4.79 Å². The van der Waals surface area contributed by atoms with Crippen LogP contribution in [0.5, 0.6) is 0 Å². The van der Waals surface area contributed by atoms with Gasteiger partial charge in [-0.1, -0.05) is 30.3 Å². The molecule has 0 aliphatic heterocycles. The first-order valence-corrected chi connectivity index (χ1v) is 6.17. The van der Waals surface area contributed by atoms with Gasteiger partial charge in [0.15, 0.2) is 0 Å². The fourth-order valence-corrected chi connectivity index (χ4v) is 2.02. The number of rotatable bonds is 6. The van der Waals surface area contributed by atoms with Crippen molar-refractivity contribution >= 4 is 5.91 Å². The number of hydrogen-bond donors (Lipinski definition) is 1. The van der Waals surface area contributed by atoms with Crippen LogP contribution in [-0.4, -0.2) is 25.7 Å². The summed E-state index contributed by atoms with van der Waals surface area (Å²) in [6, 6.07) is 10.4. The lowest BCUT2D eigenvalue weighted by molar-refractivity contribution is -0.125. The van der Waals surface area contributed by atoms with Crippen LogP contribution >= 0.6 is 0 Å². The Labute approximate surface area is 102 Å². The first-order valence-electron chi connectivity index (χ1n) is 6.17. The number of carbonyl (C=O) groups is 1. The lowest BCUT2D eigenvalue weighted by atomic mass is 9.96. The topological polar surface area (TPSA) is 38.3 Å². The van der Waals surface area contributed by atoms with E-state index in [4.69, 9.17) is 4.74 Å². The zero-order valence-corrected chi connectivity index (χ0v) is 10.2. The van der Waals surface area contributed by atoms with Crippen LogP contribution in [-0.2, 0) is 14.9 Å². The molecular formula is C14H19NO2. The highest BCUT2D eigenvalue weighted by Gasteiger charge is 2.44. The van der Waals surface area contributed by atoms with E-state index in [9.17, 15) is 4.79 Å². The molecule has 1 aromatic carbocycles. The molecule has 0 atom stereocenters. The zero-order valence-electron chi connectivity index (χ0n) is 10.2. The van der Waals surface area contributed by atoms with Crippen molar-refractivity contribution < 1.29 is 9.53 Å². The van der Waals surface area contributed by atoms with E-state index < -0.39 is 0 Å². The van der Waals surface area contributed by atoms with Gasteiger partial charge in [-0.05, 0) is 25.3 Å². The summed E-state index contributed by atoms with van der Waals surface area (Å²) in [4.78, 5) is 11.5. The number of amides is 1. The molecule has 1 saturated carbocycles. The predicted molar refractivity (Wildman–Crippen MR) is 66.9 cm³/mol. The summed E-state index contributed by atoms with van der Waals surface area (Å²) in [6.07, 6.45) is 2.32. The Morgan fingerprint density at radius 1 is 1.35 bits per heavy atom. The van der Waals surface area contributed by atoms with Crippen molar-refractivity contribution in [2.24, 2.45) is 0 Å². The molecule has 1 amide bonds. The van der Waals surface area contributed by atoms with Gasteiger partial charge in [0, 0.05) is 18.6 Å². The Morgan fingerprint density at radius 3 is 2.65 bits per heavy atom. The molecule has 1 aliphatic rings. The van der Waals surface area contributed by atoms with Gasteiger partial charge < -0.3 is 10.1 Å². The summed E-state index contributed by atoms with van der Waals surface area (Å²) in [7, 11) is 0. The second-order valence-electron chi connectivity index (χ2n) is 4.56. The lowest BCUT2D eigenvalue weighted by Gasteiger charge is -2.16. The van der Waals surface area contributed by atoms with Gasteiger partial charge in [0.25, 0.3) is 0 Å². The summed E-state index contributed by atoms with van der Waals surface area (Å²) in [5, 5.41) is 2.95. The fraction of sp³-hybridized carbons (Fsp3) is 0.500. The molecule has 0 aromatic heterocycles. The molecule has 0 saturated heterocycles. The molecule has 1 aromatic rings. The Morgan fingerprint density at radius 2 is 2.06 bits per heavy atom. The van der Waals surface area contributed by atoms with Crippen molar-refractivity contribution in [2.45, 2.75) is 25.2 Å². The van der Waals surface area contributed by atoms with Gasteiger partial charge in [-0.25, -0.2) is 0 Å². The fourth-order valence-electron chi connectivity index (χ4n) is 2.02. The molecule has 0 heterocycles. The molecule has 92 valence electrons. The van der Waals surface area contributed by atoms with Crippen molar-refractivity contribution in [1.82, 2.24) is 5.32 Å². The van der Waals surface area contributed by atoms with Crippen LogP contribution in [0.2, 0.25) is 0 Å². The number of carbonyl (C=O) groups excluding carboxylic acids is 1. The van der Waals surface area contributed by atoms with Crippen LogP contribution in [0.25, 0.3) is 0 Å². The molecule has 0 radical (unpaired) electrons. The van der Waals surface area contributed by atoms with E-state index in [1.165, 1.54) is 5.56 Å². The summed E-state index contributed by atoms with van der Waals surface area (Å²) < 4.78 is 5.07. The van der Waals surface area contributed by atoms with Crippen molar-refractivity contribution in [3.8, 4) is 0 Å². The van der Waals surface area contributed by atoms with Crippen molar-refractivity contribution in [2.75, 3.05) is 19.8 Å². The van der Waals surface area contributed by atoms with Crippen LogP contribution < -0.4 is 5.32 Å². The second-order valence-corrected chi connectivity index (χ2v) is 4.56. The van der Waals surface area contributed by atoms with Gasteiger partial charge in [0.1, 0.15) is 6.61 Å². The third-order valence-corrected chi connectivity index (χ3v) is 3.30. The number of ether oxygens (including phenoxy) is 1. The third-order valence-electron chi connectivity index (χ3n) is 3.30. The standard InChI is InChI=1S/C14H19NO2/c1-2-17-10-13(16)15-11-14(8-9-14)12-6-4-3-5-7-12/h3-7H,2,8-11H2,1H3,(H,15,16). The van der Waals surface area contributed by atoms with E-state index in [-0.39, 0.29) is 17.9 Å². The van der Waals surface area contributed by atoms with Gasteiger partial charge in [0.2, 0.25) is 5.91 Å². The monoisotopic (exact) mass is 233 g/mol. The minimum Gasteiger partial charge on any atom is -0.372 e. The molecule has 2 rings (SSSR count). The quantitative estimate of drug-likeness (QED) is 0.814. The number of hydrogen-bond acceptors (Lipinski definition) is 2. The third kappa shape index (κ3) is 3.07. The first kappa shape index (κ1) is 12.1. The highest BCUT2D eigenvalue weighted by atomic mass is 16.5. The van der Waals surface area contributed by atoms with Gasteiger partial charge in [0.05, 0.1) is 0 Å². The van der Waals surface area contributed by atoms with Crippen LogP contribution in [0.15, 0.2) is 30.3 Å². The highest BCUT2D eigenvalue weighted by molar-refractivity contribution is 5.77. The van der Waals surface area contributed by atoms with Crippen LogP contribution in [0, 0.1) is 0 Å². The molecule has 0 spiro atoms. The van der Waals surface area contributed by atoms with Crippen LogP contribution in [0.1, 0.15) is 25.3 Å². The molecule has 1 fully saturated rings. The molecule has 0 bridgehead atoms. The minimum absolute atomic E-state index is 0.0194. The SMILES string of the molecule is CCOCC(=O)NCC1(c2ccccc2)CC1. The smallest absolute Gasteiger partial charge is 0.246 e. The Bertz CT molecular complexity index is 371. The maximum Gasteiger partial charge on any atom is 0.246 e. The summed E-state index contributed by atoms with van der Waals surface area (Å²) in [5.41, 5.74) is 1.51. The summed E-state index contributed by atoms with van der Waals surface area (Å²) >= 11 is 0. The Balaban J connectivity index is 1.85. The molecule has 17 heavy (non-hydrogen) atoms. The number of benzene rings is 1. The van der Waals surface area contributed by atoms with E-state index >= 15 is 0 Å². The number of nitrogens with one attached hydrogen (secondary N) is 1. The van der Waals surface area contributed by atoms with E-state index in [0.717, 1.165) is 19.4 Å². The predicted octanol–water partition coefficient (Wildman–Crippen LogP) is 1.87. The first-order chi connectivity index (χ1) is 8.27. The largest absolute Gasteiger partial charge is 0.372 e. The normalized spacial score (nSPS) is 16.5. The second kappa shape index (κ2) is 5.32. The van der Waals surface area contributed by atoms with Gasteiger partial charge >= 0.3 is 0 Å². The summed E-state index contributed by atoms with van der Waals surface area (Å²) in [5.74, 6) is -0.0194. The zero-order chi connectivity index (χ0) is 12.1. The maximum absolute atomic E-state index is 11.5. The Kier molecular flexibility index (Phi) is 3.79. The average molecular weight is 233 g/mol. The molecule has 1 aliphatic carbocycles. The van der Waals surface area contributed by atoms with E-state index in [2.05, 4.69) is 29.6 Å². The molecule has 3 heteroatoms. The van der Waals surface area contributed by atoms with Gasteiger partial charge in [-0.15, -0.1) is 0 Å². The van der Waals surface area contributed by atoms with E-state index in [1.54, 1.807) is 0 Å². The lowest BCUT2D eigenvalue weighted by Crippen LogP contribution is -2.34. The van der Waals surface area contributed by atoms with Crippen molar-refractivity contribution in [3.63, 3.8) is 0 Å². The molecular weight excluding hydrogens is 214 g/mol. The molecule has 1 N–H and O–H groups in total.